The molecular weight excluding hydrogens is 218 g/mol. The van der Waals surface area contributed by atoms with Crippen molar-refractivity contribution in [2.75, 3.05) is 20.1 Å². The number of likely N-dealkylation sites (N-methyl/N-ethyl adjacent to an activating group) is 1. The van der Waals surface area contributed by atoms with Crippen molar-refractivity contribution in [3.8, 4) is 0 Å². The minimum absolute atomic E-state index is 0.0547. The third kappa shape index (κ3) is 2.93. The van der Waals surface area contributed by atoms with Gasteiger partial charge in [0.1, 0.15) is 6.29 Å². The van der Waals surface area contributed by atoms with Crippen molar-refractivity contribution >= 4 is 14.6 Å². The van der Waals surface area contributed by atoms with Gasteiger partial charge in [0, 0.05) is 13.1 Å². The largest absolute Gasteiger partial charge is 0.412 e. The second-order valence-electron chi connectivity index (χ2n) is 6.44. The summed E-state index contributed by atoms with van der Waals surface area (Å²) in [6.45, 7) is 12.9. The predicted octanol–water partition coefficient (Wildman–Crippen LogP) is 2.14. The van der Waals surface area contributed by atoms with Crippen molar-refractivity contribution in [3.63, 3.8) is 0 Å². The van der Waals surface area contributed by atoms with Gasteiger partial charge in [-0.25, -0.2) is 0 Å². The maximum atomic E-state index is 11.0. The summed E-state index contributed by atoms with van der Waals surface area (Å²) in [5, 5.41) is 0.210. The number of carbonyl (C=O) groups excluding carboxylic acids is 1. The van der Waals surface area contributed by atoms with E-state index >= 15 is 0 Å². The highest BCUT2D eigenvalue weighted by Gasteiger charge is 2.42. The lowest BCUT2D eigenvalue weighted by Gasteiger charge is -2.39. The summed E-state index contributed by atoms with van der Waals surface area (Å²) in [6.07, 6.45) is 1.16. The van der Waals surface area contributed by atoms with E-state index in [1.165, 1.54) is 0 Å². The predicted molar refractivity (Wildman–Crippen MR) is 69.1 cm³/mol. The van der Waals surface area contributed by atoms with Crippen LogP contribution in [0.3, 0.4) is 0 Å². The molecule has 4 heteroatoms. The molecule has 0 bridgehead atoms. The summed E-state index contributed by atoms with van der Waals surface area (Å²) in [6, 6.07) is 0. The average molecular weight is 243 g/mol. The van der Waals surface area contributed by atoms with Crippen molar-refractivity contribution < 1.29 is 9.22 Å². The number of likely N-dealkylation sites (tertiary alicyclic amines) is 1. The maximum absolute atomic E-state index is 11.0. The highest BCUT2D eigenvalue weighted by atomic mass is 28.4. The first-order chi connectivity index (χ1) is 7.17. The van der Waals surface area contributed by atoms with Crippen LogP contribution in [0, 0.1) is 5.92 Å². The Bertz CT molecular complexity index is 260. The van der Waals surface area contributed by atoms with E-state index in [0.29, 0.717) is 0 Å². The monoisotopic (exact) mass is 243 g/mol. The average Bonchev–Trinajstić information content (AvgIpc) is 2.43. The second kappa shape index (κ2) is 4.59. The lowest BCUT2D eigenvalue weighted by atomic mass is 10.1. The van der Waals surface area contributed by atoms with Crippen LogP contribution in [0.15, 0.2) is 0 Å². The zero-order valence-electron chi connectivity index (χ0n) is 11.4. The normalized spacial score (nSPS) is 28.4. The SMILES string of the molecule is CN1CC(C=O)C(O[Si](C)(C)C(C)(C)C)C1. The van der Waals surface area contributed by atoms with Gasteiger partial charge in [0.2, 0.25) is 0 Å². The molecule has 0 aliphatic carbocycles. The van der Waals surface area contributed by atoms with Gasteiger partial charge in [-0.15, -0.1) is 0 Å². The molecule has 2 unspecified atom stereocenters. The zero-order chi connectivity index (χ0) is 12.6. The Labute approximate surface area is 100 Å². The van der Waals surface area contributed by atoms with Crippen LogP contribution in [-0.4, -0.2) is 45.7 Å². The lowest BCUT2D eigenvalue weighted by molar-refractivity contribution is -0.112. The van der Waals surface area contributed by atoms with Crippen molar-refractivity contribution in [3.05, 3.63) is 0 Å². The summed E-state index contributed by atoms with van der Waals surface area (Å²) in [5.41, 5.74) is 0. The van der Waals surface area contributed by atoms with E-state index in [1.54, 1.807) is 0 Å². The second-order valence-corrected chi connectivity index (χ2v) is 11.2. The minimum atomic E-state index is -1.74. The van der Waals surface area contributed by atoms with Crippen LogP contribution in [0.25, 0.3) is 0 Å². The molecular formula is C12H25NO2Si. The highest BCUT2D eigenvalue weighted by molar-refractivity contribution is 6.74. The number of aldehydes is 1. The summed E-state index contributed by atoms with van der Waals surface area (Å²) in [7, 11) is 0.304. The van der Waals surface area contributed by atoms with Gasteiger partial charge in [-0.1, -0.05) is 20.8 Å². The van der Waals surface area contributed by atoms with Gasteiger partial charge in [-0.3, -0.25) is 0 Å². The van der Waals surface area contributed by atoms with Crippen LogP contribution in [0.4, 0.5) is 0 Å². The zero-order valence-corrected chi connectivity index (χ0v) is 12.4. The number of hydrogen-bond donors (Lipinski definition) is 0. The molecule has 0 N–H and O–H groups in total. The third-order valence-corrected chi connectivity index (χ3v) is 8.42. The van der Waals surface area contributed by atoms with Crippen LogP contribution in [-0.2, 0) is 9.22 Å². The maximum Gasteiger partial charge on any atom is 0.192 e. The molecule has 0 saturated carbocycles. The molecule has 1 aliphatic rings. The summed E-state index contributed by atoms with van der Waals surface area (Å²) >= 11 is 0. The van der Waals surface area contributed by atoms with E-state index in [0.717, 1.165) is 19.4 Å². The molecule has 1 saturated heterocycles. The Morgan fingerprint density at radius 3 is 2.31 bits per heavy atom. The molecule has 0 amide bonds. The molecule has 1 heterocycles. The van der Waals surface area contributed by atoms with Gasteiger partial charge in [-0.2, -0.15) is 0 Å². The van der Waals surface area contributed by atoms with E-state index in [4.69, 9.17) is 4.43 Å². The Balaban J connectivity index is 2.70. The van der Waals surface area contributed by atoms with E-state index in [9.17, 15) is 4.79 Å². The molecule has 0 spiro atoms. The quantitative estimate of drug-likeness (QED) is 0.562. The molecule has 1 rings (SSSR count). The Morgan fingerprint density at radius 1 is 1.31 bits per heavy atom. The molecule has 0 aromatic rings. The van der Waals surface area contributed by atoms with Gasteiger partial charge in [-0.05, 0) is 25.2 Å². The fraction of sp³-hybridized carbons (Fsp3) is 0.917. The van der Waals surface area contributed by atoms with E-state index in [-0.39, 0.29) is 17.1 Å². The van der Waals surface area contributed by atoms with Crippen molar-refractivity contribution in [2.45, 2.75) is 45.0 Å². The molecule has 3 nitrogen and oxygen atoms in total. The fourth-order valence-corrected chi connectivity index (χ4v) is 3.16. The lowest BCUT2D eigenvalue weighted by Crippen LogP contribution is -2.46. The number of nitrogens with zero attached hydrogens (tertiary/aromatic N) is 1. The number of rotatable bonds is 3. The summed E-state index contributed by atoms with van der Waals surface area (Å²) in [4.78, 5) is 13.2. The molecule has 1 aliphatic heterocycles. The van der Waals surface area contributed by atoms with Crippen molar-refractivity contribution in [1.82, 2.24) is 4.90 Å². The van der Waals surface area contributed by atoms with Crippen molar-refractivity contribution in [2.24, 2.45) is 5.92 Å². The molecule has 0 radical (unpaired) electrons. The third-order valence-electron chi connectivity index (χ3n) is 3.92. The first-order valence-corrected chi connectivity index (χ1v) is 8.90. The Morgan fingerprint density at radius 2 is 1.88 bits per heavy atom. The first kappa shape index (κ1) is 13.9. The van der Waals surface area contributed by atoms with Crippen LogP contribution in [0.2, 0.25) is 18.1 Å². The highest BCUT2D eigenvalue weighted by Crippen LogP contribution is 2.38. The molecule has 0 aromatic carbocycles. The van der Waals surface area contributed by atoms with E-state index in [1.807, 2.05) is 7.05 Å². The van der Waals surface area contributed by atoms with Gasteiger partial charge >= 0.3 is 0 Å². The standard InChI is InChI=1S/C12H25NO2Si/c1-12(2,3)16(5,6)15-11-8-13(4)7-10(11)9-14/h9-11H,7-8H2,1-6H3. The molecule has 16 heavy (non-hydrogen) atoms. The van der Waals surface area contributed by atoms with Crippen LogP contribution in [0.1, 0.15) is 20.8 Å². The van der Waals surface area contributed by atoms with E-state index in [2.05, 4.69) is 38.8 Å². The summed E-state index contributed by atoms with van der Waals surface area (Å²) in [5.74, 6) is 0.0547. The van der Waals surface area contributed by atoms with Crippen molar-refractivity contribution in [1.29, 1.82) is 0 Å². The van der Waals surface area contributed by atoms with Crippen LogP contribution in [0.5, 0.6) is 0 Å². The molecule has 2 atom stereocenters. The van der Waals surface area contributed by atoms with Gasteiger partial charge in [0.25, 0.3) is 0 Å². The topological polar surface area (TPSA) is 29.5 Å². The molecule has 0 aromatic heterocycles. The summed E-state index contributed by atoms with van der Waals surface area (Å²) < 4.78 is 6.30. The number of hydrogen-bond acceptors (Lipinski definition) is 3. The van der Waals surface area contributed by atoms with E-state index < -0.39 is 8.32 Å². The van der Waals surface area contributed by atoms with Gasteiger partial charge in [0.05, 0.1) is 12.0 Å². The fourth-order valence-electron chi connectivity index (χ4n) is 1.81. The minimum Gasteiger partial charge on any atom is -0.412 e. The Kier molecular flexibility index (Phi) is 3.98. The van der Waals surface area contributed by atoms with Crippen LogP contribution < -0.4 is 0 Å². The number of carbonyl (C=O) groups is 1. The molecule has 1 fully saturated rings. The first-order valence-electron chi connectivity index (χ1n) is 5.99. The van der Waals surface area contributed by atoms with Gasteiger partial charge < -0.3 is 14.1 Å². The van der Waals surface area contributed by atoms with Gasteiger partial charge in [0.15, 0.2) is 8.32 Å². The van der Waals surface area contributed by atoms with Crippen LogP contribution >= 0.6 is 0 Å². The smallest absolute Gasteiger partial charge is 0.192 e. The molecule has 94 valence electrons. The Hall–Kier alpha value is -0.193.